The molecule has 2 aromatic carbocycles. The molecule has 0 fully saturated rings. The van der Waals surface area contributed by atoms with Gasteiger partial charge >= 0.3 is 5.97 Å². The summed E-state index contributed by atoms with van der Waals surface area (Å²) in [5.74, 6) is 0.209. The van der Waals surface area contributed by atoms with E-state index >= 15 is 0 Å². The molecule has 1 aliphatic heterocycles. The maximum Gasteiger partial charge on any atom is 0.333 e. The number of fused-ring (bicyclic) bond motifs is 2. The average molecular weight is 578 g/mol. The Bertz CT molecular complexity index is 1760. The molecule has 216 valence electrons. The van der Waals surface area contributed by atoms with Crippen molar-refractivity contribution in [1.29, 1.82) is 0 Å². The van der Waals surface area contributed by atoms with Crippen LogP contribution in [0.2, 0.25) is 0 Å². The monoisotopic (exact) mass is 577 g/mol. The van der Waals surface area contributed by atoms with Crippen LogP contribution in [0.15, 0.2) is 76.1 Å². The largest absolute Gasteiger partial charge is 0.460 e. The highest BCUT2D eigenvalue weighted by molar-refractivity contribution is 7.86. The molecule has 4 rings (SSSR count). The van der Waals surface area contributed by atoms with E-state index in [1.807, 2.05) is 56.3 Å². The van der Waals surface area contributed by atoms with Crippen molar-refractivity contribution in [2.45, 2.75) is 45.4 Å². The minimum Gasteiger partial charge on any atom is -0.460 e. The Hall–Kier alpha value is -3.95. The van der Waals surface area contributed by atoms with Gasteiger partial charge in [-0.3, -0.25) is 4.55 Å². The number of carbonyl (C=O) groups is 1. The number of anilines is 1. The zero-order valence-electron chi connectivity index (χ0n) is 24.2. The average Bonchev–Trinajstić information content (AvgIpc) is 2.93. The number of hydrogen-bond acceptors (Lipinski definition) is 6. The van der Waals surface area contributed by atoms with Gasteiger partial charge in [0.25, 0.3) is 10.1 Å². The first-order valence-electron chi connectivity index (χ1n) is 13.7. The lowest BCUT2D eigenvalue weighted by Gasteiger charge is -2.19. The van der Waals surface area contributed by atoms with Gasteiger partial charge in [-0.05, 0) is 56.5 Å². The van der Waals surface area contributed by atoms with Crippen molar-refractivity contribution in [2.24, 2.45) is 0 Å². The van der Waals surface area contributed by atoms with Gasteiger partial charge in [0.1, 0.15) is 35.9 Å². The van der Waals surface area contributed by atoms with Gasteiger partial charge in [-0.2, -0.15) is 8.42 Å². The van der Waals surface area contributed by atoms with Crippen molar-refractivity contribution in [1.82, 2.24) is 4.58 Å². The number of nitrogens with zero attached hydrogens (tertiary/aromatic N) is 1. The SMILES string of the molecule is C=C(C)C(=O)OCCNc1ccc2c(-c3ccc(C(C)C)cc3S(=O)(=O)O)c3ccc(=[N+](CC)CC)cc-3oc2c1. The molecular formula is C32H37N2O6S+. The Labute approximate surface area is 241 Å². The van der Waals surface area contributed by atoms with Crippen LogP contribution < -0.4 is 15.2 Å². The fourth-order valence-corrected chi connectivity index (χ4v) is 5.58. The predicted molar refractivity (Wildman–Crippen MR) is 163 cm³/mol. The van der Waals surface area contributed by atoms with E-state index in [-0.39, 0.29) is 17.4 Å². The lowest BCUT2D eigenvalue weighted by molar-refractivity contribution is -0.138. The van der Waals surface area contributed by atoms with Crippen LogP contribution in [0.25, 0.3) is 33.4 Å². The van der Waals surface area contributed by atoms with Gasteiger partial charge in [0, 0.05) is 52.0 Å². The molecule has 0 spiro atoms. The molecule has 0 saturated heterocycles. The van der Waals surface area contributed by atoms with Crippen LogP contribution in [-0.4, -0.2) is 45.2 Å². The van der Waals surface area contributed by atoms with Gasteiger partial charge in [0.15, 0.2) is 0 Å². The van der Waals surface area contributed by atoms with Crippen LogP contribution in [0.1, 0.15) is 46.1 Å². The topological polar surface area (TPSA) is 109 Å². The molecule has 2 aromatic rings. The maximum absolute atomic E-state index is 12.7. The molecule has 2 N–H and O–H groups in total. The number of rotatable bonds is 10. The third-order valence-electron chi connectivity index (χ3n) is 7.07. The molecule has 41 heavy (non-hydrogen) atoms. The first kappa shape index (κ1) is 30.0. The molecular weight excluding hydrogens is 540 g/mol. The van der Waals surface area contributed by atoms with Gasteiger partial charge in [0.2, 0.25) is 5.36 Å². The van der Waals surface area contributed by atoms with E-state index in [0.29, 0.717) is 40.0 Å². The van der Waals surface area contributed by atoms with E-state index in [2.05, 4.69) is 30.3 Å². The molecule has 0 saturated carbocycles. The summed E-state index contributed by atoms with van der Waals surface area (Å²) in [6, 6.07) is 16.6. The molecule has 0 aromatic heterocycles. The van der Waals surface area contributed by atoms with E-state index < -0.39 is 16.1 Å². The lowest BCUT2D eigenvalue weighted by atomic mass is 9.91. The highest BCUT2D eigenvalue weighted by Gasteiger charge is 2.25. The van der Waals surface area contributed by atoms with Crippen LogP contribution in [-0.2, 0) is 19.6 Å². The Kier molecular flexibility index (Phi) is 8.99. The van der Waals surface area contributed by atoms with E-state index in [9.17, 15) is 17.8 Å². The predicted octanol–water partition coefficient (Wildman–Crippen LogP) is 5.92. The molecule has 0 unspecified atom stereocenters. The molecule has 0 atom stereocenters. The van der Waals surface area contributed by atoms with Crippen LogP contribution in [0, 0.1) is 0 Å². The molecule has 8 nitrogen and oxygen atoms in total. The molecule has 0 amide bonds. The van der Waals surface area contributed by atoms with Crippen molar-refractivity contribution in [3.8, 4) is 22.5 Å². The van der Waals surface area contributed by atoms with E-state index in [1.54, 1.807) is 19.1 Å². The highest BCUT2D eigenvalue weighted by atomic mass is 32.2. The van der Waals surface area contributed by atoms with Gasteiger partial charge in [-0.15, -0.1) is 0 Å². The first-order chi connectivity index (χ1) is 19.4. The van der Waals surface area contributed by atoms with Crippen molar-refractivity contribution < 1.29 is 26.9 Å². The van der Waals surface area contributed by atoms with Crippen LogP contribution >= 0.6 is 0 Å². The number of benzene rings is 3. The summed E-state index contributed by atoms with van der Waals surface area (Å²) in [5, 5.41) is 4.90. The summed E-state index contributed by atoms with van der Waals surface area (Å²) in [6.07, 6.45) is 0. The van der Waals surface area contributed by atoms with Gasteiger partial charge in [-0.25, -0.2) is 9.37 Å². The number of hydrogen-bond donors (Lipinski definition) is 2. The summed E-state index contributed by atoms with van der Waals surface area (Å²) in [7, 11) is -4.54. The maximum atomic E-state index is 12.7. The molecule has 0 bridgehead atoms. The molecule has 9 heteroatoms. The van der Waals surface area contributed by atoms with Gasteiger partial charge in [-0.1, -0.05) is 32.6 Å². The highest BCUT2D eigenvalue weighted by Crippen LogP contribution is 2.43. The van der Waals surface area contributed by atoms with E-state index in [4.69, 9.17) is 9.15 Å². The third-order valence-corrected chi connectivity index (χ3v) is 7.96. The van der Waals surface area contributed by atoms with Crippen LogP contribution in [0.4, 0.5) is 5.69 Å². The number of esters is 1. The molecule has 2 aliphatic rings. The summed E-state index contributed by atoms with van der Waals surface area (Å²) in [4.78, 5) is 11.5. The van der Waals surface area contributed by atoms with Crippen molar-refractivity contribution in [3.63, 3.8) is 0 Å². The van der Waals surface area contributed by atoms with Crippen molar-refractivity contribution in [3.05, 3.63) is 77.7 Å². The summed E-state index contributed by atoms with van der Waals surface area (Å²) < 4.78 is 49.4. The van der Waals surface area contributed by atoms with Crippen LogP contribution in [0.5, 0.6) is 0 Å². The van der Waals surface area contributed by atoms with E-state index in [1.165, 1.54) is 0 Å². The Balaban J connectivity index is 1.94. The quantitative estimate of drug-likeness (QED) is 0.0602. The van der Waals surface area contributed by atoms with E-state index in [0.717, 1.165) is 35.3 Å². The third kappa shape index (κ3) is 6.52. The molecule has 0 radical (unpaired) electrons. The van der Waals surface area contributed by atoms with Crippen molar-refractivity contribution in [2.75, 3.05) is 31.6 Å². The smallest absolute Gasteiger partial charge is 0.333 e. The summed E-state index contributed by atoms with van der Waals surface area (Å²) >= 11 is 0. The fourth-order valence-electron chi connectivity index (χ4n) is 4.84. The normalized spacial score (nSPS) is 11.7. The second-order valence-electron chi connectivity index (χ2n) is 10.3. The summed E-state index contributed by atoms with van der Waals surface area (Å²) in [5.41, 5.74) is 4.18. The Morgan fingerprint density at radius 1 is 1.05 bits per heavy atom. The Morgan fingerprint density at radius 2 is 1.76 bits per heavy atom. The number of nitrogens with one attached hydrogen (secondary N) is 1. The Morgan fingerprint density at radius 3 is 2.39 bits per heavy atom. The van der Waals surface area contributed by atoms with Gasteiger partial charge < -0.3 is 14.5 Å². The minimum atomic E-state index is -4.54. The second kappa shape index (κ2) is 12.3. The fraction of sp³-hybridized carbons (Fsp3) is 0.312. The first-order valence-corrected chi connectivity index (χ1v) is 15.2. The zero-order chi connectivity index (χ0) is 29.9. The lowest BCUT2D eigenvalue weighted by Crippen LogP contribution is -2.29. The summed E-state index contributed by atoms with van der Waals surface area (Å²) in [6.45, 7) is 15.4. The van der Waals surface area contributed by atoms with Gasteiger partial charge in [0.05, 0.1) is 6.07 Å². The zero-order valence-corrected chi connectivity index (χ0v) is 25.0. The van der Waals surface area contributed by atoms with Crippen LogP contribution in [0.3, 0.4) is 0 Å². The standard InChI is InChI=1S/C32H36N2O6S/c1-7-34(8-2)24-11-14-26-29(19-24)40-28-18-23(33-15-16-39-32(35)21(5)6)10-13-25(28)31(26)27-12-9-22(20(3)4)17-30(27)41(36,37)38/h9-14,17-20H,5,7-8,15-16H2,1-4,6H3,(H,36,37,38)/p+1. The molecule has 1 aliphatic carbocycles. The number of ether oxygens (including phenoxy) is 1. The second-order valence-corrected chi connectivity index (χ2v) is 11.7. The van der Waals surface area contributed by atoms with Crippen molar-refractivity contribution >= 4 is 32.7 Å². The minimum absolute atomic E-state index is 0.0729. The molecule has 1 heterocycles. The number of carbonyl (C=O) groups excluding carboxylic acids is 1.